The van der Waals surface area contributed by atoms with Crippen LogP contribution in [0.5, 0.6) is 0 Å². The third-order valence-corrected chi connectivity index (χ3v) is 5.15. The molecule has 1 saturated heterocycles. The first-order valence-electron chi connectivity index (χ1n) is 9.24. The number of benzene rings is 2. The number of ether oxygens (including phenoxy) is 1. The van der Waals surface area contributed by atoms with Gasteiger partial charge in [-0.25, -0.2) is 0 Å². The van der Waals surface area contributed by atoms with Crippen LogP contribution in [0.1, 0.15) is 24.0 Å². The maximum Gasteiger partial charge on any atom is 0.314 e. The highest BCUT2D eigenvalue weighted by Crippen LogP contribution is 2.46. The summed E-state index contributed by atoms with van der Waals surface area (Å²) in [6.07, 6.45) is 0. The molecule has 9 heteroatoms. The molecule has 4 unspecified atom stereocenters. The first-order valence-corrected chi connectivity index (χ1v) is 9.24. The highest BCUT2D eigenvalue weighted by molar-refractivity contribution is 5.88. The minimum Gasteiger partial charge on any atom is -0.466 e. The van der Waals surface area contributed by atoms with Crippen molar-refractivity contribution in [3.8, 4) is 6.07 Å². The van der Waals surface area contributed by atoms with Gasteiger partial charge >= 0.3 is 5.97 Å². The molecule has 2 aromatic carbocycles. The van der Waals surface area contributed by atoms with Crippen molar-refractivity contribution >= 4 is 17.6 Å². The second-order valence-electron chi connectivity index (χ2n) is 6.83. The van der Waals surface area contributed by atoms with Crippen LogP contribution in [-0.2, 0) is 20.1 Å². The Kier molecular flexibility index (Phi) is 5.80. The maximum absolute atomic E-state index is 13.0. The number of nitrogens with one attached hydrogen (secondary N) is 1. The number of piperidine rings is 1. The Morgan fingerprint density at radius 3 is 2.43 bits per heavy atom. The Morgan fingerprint density at radius 1 is 1.27 bits per heavy atom. The van der Waals surface area contributed by atoms with Crippen LogP contribution in [0.25, 0.3) is 0 Å². The Bertz CT molecular complexity index is 1000. The number of nitriles is 1. The van der Waals surface area contributed by atoms with E-state index in [9.17, 15) is 30.1 Å². The van der Waals surface area contributed by atoms with Crippen molar-refractivity contribution in [2.24, 2.45) is 11.8 Å². The number of rotatable bonds is 5. The van der Waals surface area contributed by atoms with Crippen LogP contribution in [0.2, 0.25) is 0 Å². The first kappa shape index (κ1) is 21.0. The zero-order valence-corrected chi connectivity index (χ0v) is 16.0. The fourth-order valence-corrected chi connectivity index (χ4v) is 3.79. The first-order chi connectivity index (χ1) is 14.3. The van der Waals surface area contributed by atoms with Gasteiger partial charge in [0.25, 0.3) is 5.69 Å². The number of aliphatic hydroxyl groups is 1. The minimum atomic E-state index is -2.13. The third-order valence-electron chi connectivity index (χ3n) is 5.15. The number of amides is 1. The molecule has 2 aromatic rings. The van der Waals surface area contributed by atoms with E-state index >= 15 is 0 Å². The Hall–Kier alpha value is -3.77. The van der Waals surface area contributed by atoms with Gasteiger partial charge < -0.3 is 15.2 Å². The van der Waals surface area contributed by atoms with Gasteiger partial charge in [0.15, 0.2) is 5.72 Å². The quantitative estimate of drug-likeness (QED) is 0.437. The standard InChI is InChI=1S/C21H19N3O6/c1-2-30-20(26)18-17(13-8-10-15(11-9-13)24(28)29)16(12-22)19(25)23-21(18,27)14-6-4-3-5-7-14/h3-11,16-18,27H,2H2,1H3,(H,23,25). The van der Waals surface area contributed by atoms with Gasteiger partial charge in [-0.1, -0.05) is 42.5 Å². The number of esters is 1. The predicted octanol–water partition coefficient (Wildman–Crippen LogP) is 1.97. The molecule has 1 fully saturated rings. The van der Waals surface area contributed by atoms with Crippen LogP contribution in [0, 0.1) is 33.3 Å². The van der Waals surface area contributed by atoms with Crippen molar-refractivity contribution in [1.82, 2.24) is 5.32 Å². The molecule has 0 spiro atoms. The molecule has 9 nitrogen and oxygen atoms in total. The van der Waals surface area contributed by atoms with E-state index in [1.807, 2.05) is 6.07 Å². The number of nitrogens with zero attached hydrogens (tertiary/aromatic N) is 2. The van der Waals surface area contributed by atoms with Gasteiger partial charge in [-0.15, -0.1) is 0 Å². The monoisotopic (exact) mass is 409 g/mol. The summed E-state index contributed by atoms with van der Waals surface area (Å²) in [5, 5.41) is 34.6. The molecule has 0 radical (unpaired) electrons. The fourth-order valence-electron chi connectivity index (χ4n) is 3.79. The highest BCUT2D eigenvalue weighted by atomic mass is 16.6. The molecule has 0 bridgehead atoms. The van der Waals surface area contributed by atoms with E-state index in [0.717, 1.165) is 0 Å². The Balaban J connectivity index is 2.20. The second kappa shape index (κ2) is 8.31. The lowest BCUT2D eigenvalue weighted by Gasteiger charge is -2.45. The molecule has 1 heterocycles. The van der Waals surface area contributed by atoms with Crippen LogP contribution in [-0.4, -0.2) is 28.5 Å². The predicted molar refractivity (Wildman–Crippen MR) is 104 cm³/mol. The largest absolute Gasteiger partial charge is 0.466 e. The second-order valence-corrected chi connectivity index (χ2v) is 6.83. The van der Waals surface area contributed by atoms with E-state index < -0.39 is 40.3 Å². The normalized spacial score (nSPS) is 25.6. The van der Waals surface area contributed by atoms with E-state index in [0.29, 0.717) is 5.56 Å². The van der Waals surface area contributed by atoms with Gasteiger partial charge in [0.2, 0.25) is 5.91 Å². The van der Waals surface area contributed by atoms with Gasteiger partial charge in [-0.3, -0.25) is 19.7 Å². The zero-order valence-electron chi connectivity index (χ0n) is 16.0. The average Bonchev–Trinajstić information content (AvgIpc) is 2.74. The molecule has 0 aromatic heterocycles. The Morgan fingerprint density at radius 2 is 1.90 bits per heavy atom. The van der Waals surface area contributed by atoms with Crippen LogP contribution < -0.4 is 5.32 Å². The highest BCUT2D eigenvalue weighted by Gasteiger charge is 2.57. The van der Waals surface area contributed by atoms with Crippen molar-refractivity contribution in [2.75, 3.05) is 6.61 Å². The number of hydrogen-bond donors (Lipinski definition) is 2. The van der Waals surface area contributed by atoms with Crippen molar-refractivity contribution in [3.63, 3.8) is 0 Å². The van der Waals surface area contributed by atoms with E-state index in [-0.39, 0.29) is 17.9 Å². The van der Waals surface area contributed by atoms with Gasteiger partial charge in [-0.2, -0.15) is 5.26 Å². The van der Waals surface area contributed by atoms with E-state index in [1.165, 1.54) is 24.3 Å². The third kappa shape index (κ3) is 3.60. The topological polar surface area (TPSA) is 143 Å². The summed E-state index contributed by atoms with van der Waals surface area (Å²) in [5.74, 6) is -5.32. The molecule has 0 aliphatic carbocycles. The van der Waals surface area contributed by atoms with Crippen LogP contribution >= 0.6 is 0 Å². The molecular weight excluding hydrogens is 390 g/mol. The SMILES string of the molecule is CCOC(=O)C1C(c2ccc([N+](=O)[O-])cc2)C(C#N)C(=O)NC1(O)c1ccccc1. The summed E-state index contributed by atoms with van der Waals surface area (Å²) in [6.45, 7) is 1.63. The van der Waals surface area contributed by atoms with Gasteiger partial charge in [-0.05, 0) is 12.5 Å². The summed E-state index contributed by atoms with van der Waals surface area (Å²) >= 11 is 0. The van der Waals surface area contributed by atoms with Crippen molar-refractivity contribution in [3.05, 3.63) is 75.8 Å². The smallest absolute Gasteiger partial charge is 0.314 e. The molecule has 2 N–H and O–H groups in total. The molecule has 4 atom stereocenters. The Labute approximate surface area is 172 Å². The number of nitro benzene ring substituents is 1. The van der Waals surface area contributed by atoms with Crippen molar-refractivity contribution in [1.29, 1.82) is 5.26 Å². The molecule has 0 saturated carbocycles. The lowest BCUT2D eigenvalue weighted by atomic mass is 9.67. The number of nitro groups is 1. The lowest BCUT2D eigenvalue weighted by Crippen LogP contribution is -2.62. The van der Waals surface area contributed by atoms with Gasteiger partial charge in [0.1, 0.15) is 11.8 Å². The molecule has 30 heavy (non-hydrogen) atoms. The van der Waals surface area contributed by atoms with E-state index in [4.69, 9.17) is 4.74 Å². The molecule has 1 aliphatic heterocycles. The summed E-state index contributed by atoms with van der Waals surface area (Å²) in [5.41, 5.74) is -1.74. The van der Waals surface area contributed by atoms with Crippen LogP contribution in [0.4, 0.5) is 5.69 Å². The van der Waals surface area contributed by atoms with Crippen LogP contribution in [0.15, 0.2) is 54.6 Å². The minimum absolute atomic E-state index is 0.0261. The zero-order chi connectivity index (χ0) is 21.9. The number of carbonyl (C=O) groups is 2. The van der Waals surface area contributed by atoms with Gasteiger partial charge in [0.05, 0.1) is 17.6 Å². The average molecular weight is 409 g/mol. The molecule has 1 amide bonds. The van der Waals surface area contributed by atoms with Gasteiger partial charge in [0, 0.05) is 23.6 Å². The summed E-state index contributed by atoms with van der Waals surface area (Å²) in [4.78, 5) is 36.1. The fraction of sp³-hybridized carbons (Fsp3) is 0.286. The molecular formula is C21H19N3O6. The number of carbonyl (C=O) groups excluding carboxylic acids is 2. The van der Waals surface area contributed by atoms with E-state index in [1.54, 1.807) is 37.3 Å². The summed E-state index contributed by atoms with van der Waals surface area (Å²) in [7, 11) is 0. The number of hydrogen-bond acceptors (Lipinski definition) is 7. The number of non-ortho nitro benzene ring substituents is 1. The molecule has 3 rings (SSSR count). The van der Waals surface area contributed by atoms with Crippen LogP contribution in [0.3, 0.4) is 0 Å². The van der Waals surface area contributed by atoms with Crippen molar-refractivity contribution < 1.29 is 24.4 Å². The van der Waals surface area contributed by atoms with Crippen molar-refractivity contribution in [2.45, 2.75) is 18.6 Å². The molecule has 1 aliphatic rings. The van der Waals surface area contributed by atoms with E-state index in [2.05, 4.69) is 5.32 Å². The summed E-state index contributed by atoms with van der Waals surface area (Å²) < 4.78 is 5.17. The maximum atomic E-state index is 13.0. The lowest BCUT2D eigenvalue weighted by molar-refractivity contribution is -0.384. The summed E-state index contributed by atoms with van der Waals surface area (Å²) in [6, 6.07) is 15.2. The molecule has 154 valence electrons.